The van der Waals surface area contributed by atoms with E-state index in [0.29, 0.717) is 0 Å². The van der Waals surface area contributed by atoms with E-state index in [4.69, 9.17) is 0 Å². The molecule has 0 saturated heterocycles. The molecule has 3 aliphatic carbocycles. The van der Waals surface area contributed by atoms with E-state index in [9.17, 15) is 5.11 Å². The maximum Gasteiger partial charge on any atom is 0.0807 e. The molecule has 2 saturated carbocycles. The minimum absolute atomic E-state index is 0.199. The molecule has 2 heteroatoms. The first kappa shape index (κ1) is 11.1. The molecule has 4 unspecified atom stereocenters. The van der Waals surface area contributed by atoms with Crippen molar-refractivity contribution in [3.05, 3.63) is 23.5 Å². The molecule has 98 valence electrons. The molecule has 18 heavy (non-hydrogen) atoms. The van der Waals surface area contributed by atoms with E-state index in [2.05, 4.69) is 16.8 Å². The predicted octanol–water partition coefficient (Wildman–Crippen LogP) is 3.29. The van der Waals surface area contributed by atoms with Crippen LogP contribution in [0.25, 0.3) is 0 Å². The highest BCUT2D eigenvalue weighted by Gasteiger charge is 2.39. The van der Waals surface area contributed by atoms with Gasteiger partial charge in [0.05, 0.1) is 6.10 Å². The minimum atomic E-state index is -0.199. The Morgan fingerprint density at radius 1 is 1.22 bits per heavy atom. The van der Waals surface area contributed by atoms with Crippen molar-refractivity contribution in [3.8, 4) is 0 Å². The molecule has 4 atom stereocenters. The maximum absolute atomic E-state index is 10.0. The second kappa shape index (κ2) is 4.12. The van der Waals surface area contributed by atoms with Crippen LogP contribution in [0.4, 0.5) is 0 Å². The molecule has 1 N–H and O–H groups in total. The van der Waals surface area contributed by atoms with Crippen LogP contribution in [0.3, 0.4) is 0 Å². The van der Waals surface area contributed by atoms with Crippen LogP contribution in [0.15, 0.2) is 12.3 Å². The minimum Gasteiger partial charge on any atom is -0.388 e. The molecule has 0 aliphatic heterocycles. The van der Waals surface area contributed by atoms with Gasteiger partial charge in [-0.15, -0.1) is 0 Å². The quantitative estimate of drug-likeness (QED) is 0.849. The first-order valence-electron chi connectivity index (χ1n) is 7.67. The summed E-state index contributed by atoms with van der Waals surface area (Å²) in [4.78, 5) is 0. The second-order valence-electron chi connectivity index (χ2n) is 6.71. The van der Waals surface area contributed by atoms with E-state index in [1.807, 2.05) is 0 Å². The second-order valence-corrected chi connectivity index (χ2v) is 6.71. The largest absolute Gasteiger partial charge is 0.388 e. The first-order chi connectivity index (χ1) is 8.81. The third-order valence-electron chi connectivity index (χ3n) is 5.68. The zero-order valence-electron chi connectivity index (χ0n) is 11.0. The summed E-state index contributed by atoms with van der Waals surface area (Å²) < 4.78 is 2.46. The number of aliphatic hydroxyl groups is 1. The van der Waals surface area contributed by atoms with Gasteiger partial charge >= 0.3 is 0 Å². The van der Waals surface area contributed by atoms with Gasteiger partial charge in [-0.2, -0.15) is 0 Å². The van der Waals surface area contributed by atoms with Gasteiger partial charge in [0.2, 0.25) is 0 Å². The summed E-state index contributed by atoms with van der Waals surface area (Å²) in [5, 5.41) is 10.0. The van der Waals surface area contributed by atoms with Crippen LogP contribution in [0.2, 0.25) is 0 Å². The number of aliphatic hydroxyl groups excluding tert-OH is 1. The summed E-state index contributed by atoms with van der Waals surface area (Å²) in [5.74, 6) is 2.96. The van der Waals surface area contributed by atoms with E-state index in [-0.39, 0.29) is 6.10 Å². The van der Waals surface area contributed by atoms with Crippen molar-refractivity contribution >= 4 is 0 Å². The van der Waals surface area contributed by atoms with Gasteiger partial charge in [-0.25, -0.2) is 0 Å². The molecular weight excluding hydrogens is 222 g/mol. The fourth-order valence-corrected chi connectivity index (χ4v) is 4.76. The lowest BCUT2D eigenvalue weighted by atomic mass is 9.88. The summed E-state index contributed by atoms with van der Waals surface area (Å²) in [6.45, 7) is 1.21. The number of hydrogen-bond donors (Lipinski definition) is 1. The van der Waals surface area contributed by atoms with Gasteiger partial charge in [-0.3, -0.25) is 0 Å². The highest BCUT2D eigenvalue weighted by Crippen LogP contribution is 2.49. The monoisotopic (exact) mass is 245 g/mol. The van der Waals surface area contributed by atoms with E-state index in [1.165, 1.54) is 49.9 Å². The van der Waals surface area contributed by atoms with Crippen molar-refractivity contribution in [1.29, 1.82) is 0 Å². The lowest BCUT2D eigenvalue weighted by Crippen LogP contribution is -2.19. The molecule has 2 nitrogen and oxygen atoms in total. The lowest BCUT2D eigenvalue weighted by molar-refractivity contribution is 0.155. The zero-order chi connectivity index (χ0) is 12.1. The fourth-order valence-electron chi connectivity index (χ4n) is 4.76. The molecule has 0 amide bonds. The van der Waals surface area contributed by atoms with Crippen LogP contribution in [-0.2, 0) is 13.0 Å². The van der Waals surface area contributed by atoms with Gasteiger partial charge in [-0.1, -0.05) is 6.42 Å². The molecular formula is C16H23NO. The van der Waals surface area contributed by atoms with E-state index < -0.39 is 0 Å². The number of rotatable bonds is 2. The van der Waals surface area contributed by atoms with Crippen LogP contribution in [-0.4, -0.2) is 9.67 Å². The summed E-state index contributed by atoms with van der Waals surface area (Å²) >= 11 is 0. The summed E-state index contributed by atoms with van der Waals surface area (Å²) in [7, 11) is 0. The third-order valence-corrected chi connectivity index (χ3v) is 5.68. The number of aromatic nitrogens is 1. The molecule has 0 aromatic carbocycles. The van der Waals surface area contributed by atoms with Crippen molar-refractivity contribution in [2.75, 3.05) is 0 Å². The Bertz CT molecular complexity index is 450. The summed E-state index contributed by atoms with van der Waals surface area (Å²) in [6, 6.07) is 2.16. The van der Waals surface area contributed by atoms with Crippen LogP contribution >= 0.6 is 0 Å². The molecule has 0 spiro atoms. The lowest BCUT2D eigenvalue weighted by Gasteiger charge is -2.25. The Labute approximate surface area is 109 Å². The highest BCUT2D eigenvalue weighted by molar-refractivity contribution is 5.27. The van der Waals surface area contributed by atoms with Crippen LogP contribution < -0.4 is 0 Å². The summed E-state index contributed by atoms with van der Waals surface area (Å²) in [6.07, 6.45) is 11.2. The van der Waals surface area contributed by atoms with Crippen LogP contribution in [0.1, 0.15) is 55.9 Å². The van der Waals surface area contributed by atoms with Gasteiger partial charge in [0.25, 0.3) is 0 Å². The highest BCUT2D eigenvalue weighted by atomic mass is 16.3. The Kier molecular flexibility index (Phi) is 2.54. The normalized spacial score (nSPS) is 38.1. The molecule has 2 fully saturated rings. The first-order valence-corrected chi connectivity index (χ1v) is 7.67. The Morgan fingerprint density at radius 2 is 2.17 bits per heavy atom. The van der Waals surface area contributed by atoms with Crippen molar-refractivity contribution in [2.24, 2.45) is 17.8 Å². The number of fused-ring (bicyclic) bond motifs is 3. The van der Waals surface area contributed by atoms with Crippen molar-refractivity contribution < 1.29 is 5.11 Å². The smallest absolute Gasteiger partial charge is 0.0807 e. The molecule has 2 bridgehead atoms. The van der Waals surface area contributed by atoms with Crippen molar-refractivity contribution in [2.45, 2.75) is 57.6 Å². The van der Waals surface area contributed by atoms with E-state index in [0.717, 1.165) is 30.6 Å². The fraction of sp³-hybridized carbons (Fsp3) is 0.750. The average Bonchev–Trinajstić information content (AvgIpc) is 3.05. The van der Waals surface area contributed by atoms with Crippen LogP contribution in [0.5, 0.6) is 0 Å². The van der Waals surface area contributed by atoms with E-state index >= 15 is 0 Å². The summed E-state index contributed by atoms with van der Waals surface area (Å²) in [5.41, 5.74) is 2.64. The predicted molar refractivity (Wildman–Crippen MR) is 71.3 cm³/mol. The van der Waals surface area contributed by atoms with Crippen LogP contribution in [0, 0.1) is 17.8 Å². The SMILES string of the molecule is OC1CCCc2c1ccn2CC1CC2CCC1C2. The van der Waals surface area contributed by atoms with E-state index in [1.54, 1.807) is 0 Å². The number of nitrogens with zero attached hydrogens (tertiary/aromatic N) is 1. The van der Waals surface area contributed by atoms with Gasteiger partial charge in [-0.05, 0) is 62.3 Å². The Hall–Kier alpha value is -0.760. The Balaban J connectivity index is 1.55. The zero-order valence-corrected chi connectivity index (χ0v) is 11.0. The molecule has 1 aromatic heterocycles. The van der Waals surface area contributed by atoms with Gasteiger partial charge in [0.1, 0.15) is 0 Å². The molecule has 1 aromatic rings. The van der Waals surface area contributed by atoms with Gasteiger partial charge in [0.15, 0.2) is 0 Å². The van der Waals surface area contributed by atoms with Gasteiger partial charge in [0, 0.05) is 24.0 Å². The standard InChI is InChI=1S/C16H23NO/c18-16-3-1-2-15-14(16)6-7-17(15)10-13-9-11-4-5-12(13)8-11/h6-7,11-13,16,18H,1-5,8-10H2. The average molecular weight is 245 g/mol. The molecule has 3 aliphatic rings. The maximum atomic E-state index is 10.0. The molecule has 4 rings (SSSR count). The molecule has 0 radical (unpaired) electrons. The number of hydrogen-bond acceptors (Lipinski definition) is 1. The van der Waals surface area contributed by atoms with Crippen molar-refractivity contribution in [3.63, 3.8) is 0 Å². The van der Waals surface area contributed by atoms with Crippen molar-refractivity contribution in [1.82, 2.24) is 4.57 Å². The van der Waals surface area contributed by atoms with Gasteiger partial charge < -0.3 is 9.67 Å². The molecule has 1 heterocycles. The third kappa shape index (κ3) is 1.65. The Morgan fingerprint density at radius 3 is 2.94 bits per heavy atom. The topological polar surface area (TPSA) is 25.2 Å².